The van der Waals surface area contributed by atoms with E-state index >= 15 is 0 Å². The van der Waals surface area contributed by atoms with E-state index in [2.05, 4.69) is 5.32 Å². The van der Waals surface area contributed by atoms with Crippen LogP contribution in [0.4, 0.5) is 17.6 Å². The molecule has 0 aromatic heterocycles. The maximum atomic E-state index is 13.6. The van der Waals surface area contributed by atoms with Gasteiger partial charge in [-0.15, -0.1) is 0 Å². The zero-order valence-electron chi connectivity index (χ0n) is 20.2. The lowest BCUT2D eigenvalue weighted by molar-refractivity contribution is -0.138. The van der Waals surface area contributed by atoms with Crippen LogP contribution in [0, 0.1) is 5.82 Å². The van der Waals surface area contributed by atoms with Gasteiger partial charge in [0.25, 0.3) is 0 Å². The van der Waals surface area contributed by atoms with Crippen LogP contribution in [0.1, 0.15) is 35.2 Å². The van der Waals surface area contributed by atoms with E-state index in [-0.39, 0.29) is 12.1 Å². The minimum Gasteiger partial charge on any atom is -0.466 e. The number of rotatable bonds is 6. The third-order valence-electron chi connectivity index (χ3n) is 6.07. The lowest BCUT2D eigenvalue weighted by Gasteiger charge is -2.38. The van der Waals surface area contributed by atoms with Crippen LogP contribution in [-0.2, 0) is 28.8 Å². The zero-order chi connectivity index (χ0) is 26.6. The quantitative estimate of drug-likeness (QED) is 0.326. The Morgan fingerprint density at radius 2 is 1.68 bits per heavy atom. The third-order valence-corrected chi connectivity index (χ3v) is 6.07. The number of nitrogens with one attached hydrogen (secondary N) is 1. The molecule has 0 aliphatic carbocycles. The molecule has 0 fully saturated rings. The average molecular weight is 512 g/mol. The lowest BCUT2D eigenvalue weighted by Crippen LogP contribution is -2.48. The van der Waals surface area contributed by atoms with Crippen molar-refractivity contribution in [1.82, 2.24) is 10.2 Å². The summed E-state index contributed by atoms with van der Waals surface area (Å²) >= 11 is 0. The number of carbonyl (C=O) groups excluding carboxylic acids is 1. The molecule has 0 bridgehead atoms. The molecule has 37 heavy (non-hydrogen) atoms. The molecule has 192 valence electrons. The Bertz CT molecular complexity index is 1320. The van der Waals surface area contributed by atoms with Gasteiger partial charge < -0.3 is 15.0 Å². The molecule has 1 aliphatic heterocycles. The number of hydrogen-bond acceptors (Lipinski definition) is 3. The Labute approximate surface area is 212 Å². The Morgan fingerprint density at radius 3 is 2.32 bits per heavy atom. The molecule has 0 radical (unpaired) electrons. The molecule has 1 N–H and O–H groups in total. The molecule has 1 unspecified atom stereocenters. The maximum Gasteiger partial charge on any atom is 0.416 e. The third kappa shape index (κ3) is 5.99. The Kier molecular flexibility index (Phi) is 7.61. The number of hydrogen-bond donors (Lipinski definition) is 1. The van der Waals surface area contributed by atoms with Gasteiger partial charge in [0.2, 0.25) is 0 Å². The highest BCUT2D eigenvalue weighted by Crippen LogP contribution is 2.34. The van der Waals surface area contributed by atoms with Crippen molar-refractivity contribution in [3.63, 3.8) is 0 Å². The number of alkyl halides is 3. The first kappa shape index (κ1) is 25.9. The van der Waals surface area contributed by atoms with E-state index in [4.69, 9.17) is 9.73 Å². The van der Waals surface area contributed by atoms with Crippen molar-refractivity contribution in [2.24, 2.45) is 4.99 Å². The maximum absolute atomic E-state index is 13.6. The van der Waals surface area contributed by atoms with Crippen LogP contribution in [0.3, 0.4) is 0 Å². The Balaban J connectivity index is 1.80. The minimum absolute atomic E-state index is 0.0208. The normalized spacial score (nSPS) is 17.1. The summed E-state index contributed by atoms with van der Waals surface area (Å²) in [5, 5.41) is 3.24. The van der Waals surface area contributed by atoms with E-state index in [0.29, 0.717) is 29.3 Å². The Morgan fingerprint density at radius 1 is 1.00 bits per heavy atom. The van der Waals surface area contributed by atoms with Gasteiger partial charge >= 0.3 is 12.1 Å². The zero-order valence-corrected chi connectivity index (χ0v) is 20.2. The molecule has 3 aromatic carbocycles. The molecule has 0 saturated heterocycles. The second-order valence-electron chi connectivity index (χ2n) is 8.53. The van der Waals surface area contributed by atoms with E-state index in [0.717, 1.165) is 17.7 Å². The largest absolute Gasteiger partial charge is 0.466 e. The van der Waals surface area contributed by atoms with E-state index < -0.39 is 29.6 Å². The number of halogens is 4. The summed E-state index contributed by atoms with van der Waals surface area (Å²) in [6.07, 6.45) is -4.49. The number of methoxy groups -OCH3 is 1. The highest BCUT2D eigenvalue weighted by atomic mass is 19.4. The van der Waals surface area contributed by atoms with E-state index in [1.165, 1.54) is 25.3 Å². The van der Waals surface area contributed by atoms with Gasteiger partial charge in [-0.3, -0.25) is 0 Å². The van der Waals surface area contributed by atoms with Crippen molar-refractivity contribution >= 4 is 11.9 Å². The van der Waals surface area contributed by atoms with Gasteiger partial charge in [-0.2, -0.15) is 13.2 Å². The summed E-state index contributed by atoms with van der Waals surface area (Å²) in [5.41, 5.74) is 1.86. The van der Waals surface area contributed by atoms with Crippen LogP contribution in [0.25, 0.3) is 0 Å². The van der Waals surface area contributed by atoms with Crippen LogP contribution in [-0.4, -0.2) is 23.9 Å². The van der Waals surface area contributed by atoms with Crippen molar-refractivity contribution in [3.05, 3.63) is 118 Å². The SMILES string of the molecule is COC(=O)C1=C(C)N(Cc2cccc(C(F)(F)F)c2)C(=NCc2ccccc2)NC1c1ccc(F)cc1. The van der Waals surface area contributed by atoms with E-state index in [9.17, 15) is 22.4 Å². The molecule has 0 amide bonds. The molecule has 0 spiro atoms. The van der Waals surface area contributed by atoms with Crippen molar-refractivity contribution in [1.29, 1.82) is 0 Å². The smallest absolute Gasteiger partial charge is 0.416 e. The van der Waals surface area contributed by atoms with E-state index in [1.54, 1.807) is 30.0 Å². The van der Waals surface area contributed by atoms with Gasteiger partial charge in [-0.25, -0.2) is 14.2 Å². The molecule has 1 atom stereocenters. The molecule has 0 saturated carbocycles. The fourth-order valence-electron chi connectivity index (χ4n) is 4.18. The standard InChI is InChI=1S/C28H25F4N3O2/c1-18-24(26(36)37-2)25(21-11-13-23(29)14-12-21)34-27(33-16-19-7-4-3-5-8-19)35(18)17-20-9-6-10-22(15-20)28(30,31)32/h3-15,25H,16-17H2,1-2H3,(H,33,34). The van der Waals surface area contributed by atoms with Gasteiger partial charge in [0, 0.05) is 5.70 Å². The fourth-order valence-corrected chi connectivity index (χ4v) is 4.18. The van der Waals surface area contributed by atoms with Crippen LogP contribution >= 0.6 is 0 Å². The number of allylic oxidation sites excluding steroid dienone is 1. The van der Waals surface area contributed by atoms with Crippen molar-refractivity contribution < 1.29 is 27.1 Å². The summed E-state index contributed by atoms with van der Waals surface area (Å²) in [6, 6.07) is 19.5. The summed E-state index contributed by atoms with van der Waals surface area (Å²) < 4.78 is 58.7. The van der Waals surface area contributed by atoms with Crippen LogP contribution in [0.5, 0.6) is 0 Å². The first-order valence-electron chi connectivity index (χ1n) is 11.5. The number of esters is 1. The van der Waals surface area contributed by atoms with Gasteiger partial charge in [0.1, 0.15) is 5.82 Å². The second kappa shape index (κ2) is 10.9. The number of guanidine groups is 1. The average Bonchev–Trinajstić information content (AvgIpc) is 2.89. The van der Waals surface area contributed by atoms with Crippen molar-refractivity contribution in [3.8, 4) is 0 Å². The first-order valence-corrected chi connectivity index (χ1v) is 11.5. The minimum atomic E-state index is -4.49. The van der Waals surface area contributed by atoms with Crippen LogP contribution in [0.2, 0.25) is 0 Å². The van der Waals surface area contributed by atoms with Gasteiger partial charge in [-0.1, -0.05) is 54.6 Å². The second-order valence-corrected chi connectivity index (χ2v) is 8.53. The van der Waals surface area contributed by atoms with Crippen molar-refractivity contribution in [2.75, 3.05) is 7.11 Å². The van der Waals surface area contributed by atoms with Crippen molar-refractivity contribution in [2.45, 2.75) is 32.2 Å². The highest BCUT2D eigenvalue weighted by molar-refractivity contribution is 5.96. The van der Waals surface area contributed by atoms with Gasteiger partial charge in [-0.05, 0) is 47.9 Å². The Hall–Kier alpha value is -4.14. The molecular weight excluding hydrogens is 486 g/mol. The topological polar surface area (TPSA) is 53.9 Å². The number of carbonyl (C=O) groups is 1. The number of nitrogens with zero attached hydrogens (tertiary/aromatic N) is 2. The lowest BCUT2D eigenvalue weighted by atomic mass is 9.94. The molecule has 1 aliphatic rings. The molecule has 9 heteroatoms. The van der Waals surface area contributed by atoms with Gasteiger partial charge in [0.15, 0.2) is 5.96 Å². The van der Waals surface area contributed by atoms with Crippen LogP contribution in [0.15, 0.2) is 95.1 Å². The number of benzene rings is 3. The highest BCUT2D eigenvalue weighted by Gasteiger charge is 2.36. The molecule has 1 heterocycles. The summed E-state index contributed by atoms with van der Waals surface area (Å²) in [6.45, 7) is 2.00. The predicted octanol–water partition coefficient (Wildman–Crippen LogP) is 5.99. The molecular formula is C28H25F4N3O2. The summed E-state index contributed by atoms with van der Waals surface area (Å²) in [7, 11) is 1.25. The molecule has 5 nitrogen and oxygen atoms in total. The number of ether oxygens (including phenoxy) is 1. The monoisotopic (exact) mass is 511 g/mol. The summed E-state index contributed by atoms with van der Waals surface area (Å²) in [5.74, 6) is -0.680. The first-order chi connectivity index (χ1) is 17.7. The van der Waals surface area contributed by atoms with E-state index in [1.807, 2.05) is 30.3 Å². The summed E-state index contributed by atoms with van der Waals surface area (Å²) in [4.78, 5) is 19.3. The fraction of sp³-hybridized carbons (Fsp3) is 0.214. The number of aliphatic imine (C=N–C) groups is 1. The molecule has 3 aromatic rings. The molecule has 4 rings (SSSR count). The van der Waals surface area contributed by atoms with Gasteiger partial charge in [0.05, 0.1) is 37.4 Å². The van der Waals surface area contributed by atoms with Crippen LogP contribution < -0.4 is 5.32 Å². The predicted molar refractivity (Wildman–Crippen MR) is 132 cm³/mol.